The van der Waals surface area contributed by atoms with E-state index >= 15 is 0 Å². The van der Waals surface area contributed by atoms with Gasteiger partial charge in [-0.1, -0.05) is 39.4 Å². The molecule has 2 heteroatoms. The number of hydrogen-bond acceptors (Lipinski definition) is 1. The van der Waals surface area contributed by atoms with Crippen molar-refractivity contribution in [2.75, 3.05) is 0 Å². The van der Waals surface area contributed by atoms with Gasteiger partial charge in [0.15, 0.2) is 0 Å². The molecular weight excluding hydrogens is 156 g/mol. The van der Waals surface area contributed by atoms with Crippen LogP contribution in [0, 0.1) is 0 Å². The third kappa shape index (κ3) is 3.47. The third-order valence-electron chi connectivity index (χ3n) is 2.02. The van der Waals surface area contributed by atoms with Crippen LogP contribution < -0.4 is 0 Å². The Bertz CT molecular complexity index is 89.3. The number of hydrogen-bond donors (Lipinski definition) is 0. The summed E-state index contributed by atoms with van der Waals surface area (Å²) in [6, 6.07) is 2.86. The first-order chi connectivity index (χ1) is 4.76. The Labute approximate surface area is 70.7 Å². The Morgan fingerprint density at radius 2 is 2.00 bits per heavy atom. The van der Waals surface area contributed by atoms with Crippen LogP contribution in [-0.4, -0.2) is 13.7 Å². The molecule has 0 saturated heterocycles. The molecule has 0 aliphatic heterocycles. The van der Waals surface area contributed by atoms with Crippen molar-refractivity contribution < 1.29 is 0 Å². The second-order valence-electron chi connectivity index (χ2n) is 2.58. The molecule has 1 atom stereocenters. The van der Waals surface area contributed by atoms with Crippen molar-refractivity contribution in [3.8, 4) is 0 Å². The Morgan fingerprint density at radius 1 is 1.50 bits per heavy atom. The fraction of sp³-hybridized carbons (Fsp3) is 0.750. The molecule has 60 valence electrons. The highest BCUT2D eigenvalue weighted by molar-refractivity contribution is 8.04. The van der Waals surface area contributed by atoms with Crippen LogP contribution in [0.5, 0.6) is 0 Å². The third-order valence-corrected chi connectivity index (χ3v) is 7.70. The van der Waals surface area contributed by atoms with Gasteiger partial charge < -0.3 is 0 Å². The molecule has 0 bridgehead atoms. The predicted octanol–water partition coefficient (Wildman–Crippen LogP) is 3.06. The van der Waals surface area contributed by atoms with Crippen molar-refractivity contribution in [3.63, 3.8) is 0 Å². The number of thioether (sulfide) groups is 1. The van der Waals surface area contributed by atoms with Gasteiger partial charge in [-0.15, -0.1) is 11.8 Å². The van der Waals surface area contributed by atoms with Crippen LogP contribution in [0.3, 0.4) is 0 Å². The monoisotopic (exact) mass is 174 g/mol. The summed E-state index contributed by atoms with van der Waals surface area (Å²) in [5, 5.41) is 1.98. The van der Waals surface area contributed by atoms with Crippen LogP contribution in [0.4, 0.5) is 0 Å². The van der Waals surface area contributed by atoms with Gasteiger partial charge in [-0.2, -0.15) is 0 Å². The molecule has 0 rings (SSSR count). The molecule has 0 spiro atoms. The van der Waals surface area contributed by atoms with Crippen molar-refractivity contribution in [2.24, 2.45) is 0 Å². The van der Waals surface area contributed by atoms with E-state index in [1.54, 1.807) is 0 Å². The largest absolute Gasteiger partial charge is 0.135 e. The molecule has 0 amide bonds. The molecule has 0 aromatic rings. The number of rotatable bonds is 5. The molecule has 0 heterocycles. The first-order valence-corrected chi connectivity index (χ1v) is 7.26. The van der Waals surface area contributed by atoms with E-state index in [1.807, 2.05) is 17.2 Å². The van der Waals surface area contributed by atoms with Gasteiger partial charge >= 0.3 is 0 Å². The van der Waals surface area contributed by atoms with E-state index < -0.39 is 8.80 Å². The molecule has 0 aromatic heterocycles. The first-order valence-electron chi connectivity index (χ1n) is 4.02. The van der Waals surface area contributed by atoms with Crippen LogP contribution in [0.25, 0.3) is 0 Å². The van der Waals surface area contributed by atoms with Crippen LogP contribution >= 0.6 is 11.8 Å². The normalized spacial score (nSPS) is 13.6. The van der Waals surface area contributed by atoms with Gasteiger partial charge in [0.2, 0.25) is 0 Å². The summed E-state index contributed by atoms with van der Waals surface area (Å²) in [4.78, 5) is 0.882. The zero-order chi connectivity index (χ0) is 7.98. The van der Waals surface area contributed by atoms with E-state index in [4.69, 9.17) is 0 Å². The lowest BCUT2D eigenvalue weighted by Gasteiger charge is -2.16. The molecule has 10 heavy (non-hydrogen) atoms. The smallest absolute Gasteiger partial charge is 0.0514 e. The maximum Gasteiger partial charge on any atom is 0.0514 e. The zero-order valence-corrected chi connectivity index (χ0v) is 9.23. The fourth-order valence-corrected chi connectivity index (χ4v) is 5.80. The zero-order valence-electron chi connectivity index (χ0n) is 7.26. The molecule has 0 aromatic carbocycles. The van der Waals surface area contributed by atoms with E-state index in [0.29, 0.717) is 0 Å². The van der Waals surface area contributed by atoms with E-state index in [-0.39, 0.29) is 0 Å². The second-order valence-corrected chi connectivity index (χ2v) is 8.57. The Kier molecular flexibility index (Phi) is 6.23. The van der Waals surface area contributed by atoms with Crippen molar-refractivity contribution in [1.29, 1.82) is 0 Å². The first kappa shape index (κ1) is 10.3. The molecular formula is C8H18SSi. The van der Waals surface area contributed by atoms with Gasteiger partial charge in [-0.25, -0.2) is 0 Å². The molecule has 0 radical (unpaired) electrons. The topological polar surface area (TPSA) is 0 Å². The molecule has 0 aliphatic carbocycles. The SMILES string of the molecule is C=CSC(C)[SiH](CC)CC. The quantitative estimate of drug-likeness (QED) is 0.577. The summed E-state index contributed by atoms with van der Waals surface area (Å²) >= 11 is 1.91. The average molecular weight is 174 g/mol. The maximum atomic E-state index is 3.74. The van der Waals surface area contributed by atoms with E-state index in [0.717, 1.165) is 4.87 Å². The summed E-state index contributed by atoms with van der Waals surface area (Å²) in [6.07, 6.45) is 0. The summed E-state index contributed by atoms with van der Waals surface area (Å²) < 4.78 is 0. The van der Waals surface area contributed by atoms with Crippen LogP contribution in [0.2, 0.25) is 12.1 Å². The van der Waals surface area contributed by atoms with Crippen LogP contribution in [-0.2, 0) is 0 Å². The lowest BCUT2D eigenvalue weighted by atomic mass is 10.9. The Morgan fingerprint density at radius 3 is 2.30 bits per heavy atom. The highest BCUT2D eigenvalue weighted by Gasteiger charge is 2.13. The van der Waals surface area contributed by atoms with E-state index in [1.165, 1.54) is 12.1 Å². The Hall–Kier alpha value is 0.307. The van der Waals surface area contributed by atoms with Gasteiger partial charge in [0, 0.05) is 0 Å². The van der Waals surface area contributed by atoms with Crippen molar-refractivity contribution in [3.05, 3.63) is 12.0 Å². The highest BCUT2D eigenvalue weighted by atomic mass is 32.2. The van der Waals surface area contributed by atoms with Gasteiger partial charge in [0.1, 0.15) is 0 Å². The molecule has 1 unspecified atom stereocenters. The van der Waals surface area contributed by atoms with Gasteiger partial charge in [-0.05, 0) is 10.3 Å². The minimum Gasteiger partial charge on any atom is -0.135 e. The summed E-state index contributed by atoms with van der Waals surface area (Å²) in [6.45, 7) is 10.7. The minimum absolute atomic E-state index is 0.412. The van der Waals surface area contributed by atoms with Crippen LogP contribution in [0.1, 0.15) is 20.8 Å². The summed E-state index contributed by atoms with van der Waals surface area (Å²) in [5.41, 5.74) is 0. The van der Waals surface area contributed by atoms with Gasteiger partial charge in [-0.3, -0.25) is 0 Å². The lowest BCUT2D eigenvalue weighted by molar-refractivity contribution is 1.21. The molecule has 0 saturated carbocycles. The highest BCUT2D eigenvalue weighted by Crippen LogP contribution is 2.18. The van der Waals surface area contributed by atoms with Crippen molar-refractivity contribution >= 4 is 20.6 Å². The van der Waals surface area contributed by atoms with Gasteiger partial charge in [0.05, 0.1) is 8.80 Å². The van der Waals surface area contributed by atoms with E-state index in [2.05, 4.69) is 27.4 Å². The maximum absolute atomic E-state index is 3.74. The van der Waals surface area contributed by atoms with Crippen molar-refractivity contribution in [1.82, 2.24) is 0 Å². The van der Waals surface area contributed by atoms with E-state index in [9.17, 15) is 0 Å². The minimum atomic E-state index is -0.412. The van der Waals surface area contributed by atoms with Crippen molar-refractivity contribution in [2.45, 2.75) is 37.7 Å². The summed E-state index contributed by atoms with van der Waals surface area (Å²) in [7, 11) is -0.412. The molecule has 0 fully saturated rings. The molecule has 0 nitrogen and oxygen atoms in total. The average Bonchev–Trinajstić information content (AvgIpc) is 1.91. The van der Waals surface area contributed by atoms with Crippen LogP contribution in [0.15, 0.2) is 12.0 Å². The standard InChI is InChI=1S/C8H18SSi/c1-5-9-8(4)10(6-2)7-3/h5,8,10H,1,6-7H2,2-4H3. The molecule has 0 aliphatic rings. The lowest BCUT2D eigenvalue weighted by Crippen LogP contribution is -2.22. The summed E-state index contributed by atoms with van der Waals surface area (Å²) in [5.74, 6) is 0. The predicted molar refractivity (Wildman–Crippen MR) is 55.4 cm³/mol. The second kappa shape index (κ2) is 6.05. The molecule has 0 N–H and O–H groups in total. The van der Waals surface area contributed by atoms with Gasteiger partial charge in [0.25, 0.3) is 0 Å². The fourth-order valence-electron chi connectivity index (χ4n) is 1.22. The Balaban J connectivity index is 3.63.